The zero-order valence-electron chi connectivity index (χ0n) is 31.0. The van der Waals surface area contributed by atoms with Gasteiger partial charge >= 0.3 is 5.97 Å². The Labute approximate surface area is 295 Å². The van der Waals surface area contributed by atoms with Gasteiger partial charge < -0.3 is 21.1 Å². The topological polar surface area (TPSA) is 111 Å². The summed E-state index contributed by atoms with van der Waals surface area (Å²) in [7, 11) is 0. The average molecular weight is 672 g/mol. The van der Waals surface area contributed by atoms with Crippen LogP contribution in [0.1, 0.15) is 168 Å². The number of unbranched alkanes of at least 4 members (excludes halogenated alkanes) is 17. The molecule has 0 fully saturated rings. The number of ether oxygens (including phenoxy) is 1. The summed E-state index contributed by atoms with van der Waals surface area (Å²) in [6, 6.07) is -0.907. The van der Waals surface area contributed by atoms with Gasteiger partial charge in [-0.3, -0.25) is 9.59 Å². The summed E-state index contributed by atoms with van der Waals surface area (Å²) in [4.78, 5) is 36.9. The third-order valence-electron chi connectivity index (χ3n) is 8.25. The lowest BCUT2D eigenvalue weighted by Crippen LogP contribution is -2.50. The Morgan fingerprint density at radius 3 is 1.48 bits per heavy atom. The van der Waals surface area contributed by atoms with Crippen molar-refractivity contribution in [2.24, 2.45) is 5.73 Å². The molecule has 0 saturated carbocycles. The van der Waals surface area contributed by atoms with Gasteiger partial charge in [0.25, 0.3) is 0 Å². The van der Waals surface area contributed by atoms with Gasteiger partial charge in [0.05, 0.1) is 13.2 Å². The van der Waals surface area contributed by atoms with Crippen LogP contribution in [0.5, 0.6) is 0 Å². The van der Waals surface area contributed by atoms with E-state index in [1.807, 2.05) is 0 Å². The highest BCUT2D eigenvalue weighted by Gasteiger charge is 2.22. The van der Waals surface area contributed by atoms with E-state index in [1.165, 1.54) is 70.6 Å². The minimum Gasteiger partial charge on any atom is -0.464 e. The number of allylic oxidation sites excluding steroid dienone is 8. The van der Waals surface area contributed by atoms with E-state index in [2.05, 4.69) is 73.1 Å². The first-order valence-electron chi connectivity index (χ1n) is 19.6. The van der Waals surface area contributed by atoms with Gasteiger partial charge in [0.2, 0.25) is 11.8 Å². The molecule has 276 valence electrons. The zero-order chi connectivity index (χ0) is 35.2. The molecule has 1 unspecified atom stereocenters. The SMILES string of the molecule is CCCCC/C=C\C/C=C\CCCCCCCCOC(=O)C(CNC(=O)CN)NC(=O)CCCCCCC/C=C\C/C=C\CCCCC. The lowest BCUT2D eigenvalue weighted by Gasteiger charge is -2.18. The van der Waals surface area contributed by atoms with Crippen LogP contribution in [-0.2, 0) is 19.1 Å². The molecule has 0 aromatic carbocycles. The maximum absolute atomic E-state index is 12.7. The van der Waals surface area contributed by atoms with E-state index in [9.17, 15) is 14.4 Å². The number of hydrogen-bond acceptors (Lipinski definition) is 5. The fourth-order valence-corrected chi connectivity index (χ4v) is 5.21. The molecule has 7 nitrogen and oxygen atoms in total. The fourth-order valence-electron chi connectivity index (χ4n) is 5.21. The zero-order valence-corrected chi connectivity index (χ0v) is 31.0. The molecule has 0 saturated heterocycles. The van der Waals surface area contributed by atoms with Crippen molar-refractivity contribution in [3.63, 3.8) is 0 Å². The molecule has 0 aliphatic carbocycles. The van der Waals surface area contributed by atoms with Gasteiger partial charge in [-0.15, -0.1) is 0 Å². The Kier molecular flexibility index (Phi) is 35.1. The van der Waals surface area contributed by atoms with Crippen LogP contribution in [0.25, 0.3) is 0 Å². The maximum atomic E-state index is 12.7. The van der Waals surface area contributed by atoms with Gasteiger partial charge in [-0.1, -0.05) is 133 Å². The van der Waals surface area contributed by atoms with E-state index in [0.717, 1.165) is 77.0 Å². The molecule has 0 rings (SSSR count). The smallest absolute Gasteiger partial charge is 0.330 e. The molecule has 0 aliphatic rings. The third-order valence-corrected chi connectivity index (χ3v) is 8.25. The molecule has 0 bridgehead atoms. The molecular weight excluding hydrogens is 598 g/mol. The van der Waals surface area contributed by atoms with E-state index >= 15 is 0 Å². The fraction of sp³-hybridized carbons (Fsp3) is 0.732. The highest BCUT2D eigenvalue weighted by atomic mass is 16.5. The summed E-state index contributed by atoms with van der Waals surface area (Å²) in [5.41, 5.74) is 5.38. The van der Waals surface area contributed by atoms with E-state index in [-0.39, 0.29) is 24.9 Å². The molecule has 0 aromatic heterocycles. The summed E-state index contributed by atoms with van der Waals surface area (Å²) in [6.07, 6.45) is 44.6. The van der Waals surface area contributed by atoms with Crippen molar-refractivity contribution in [1.29, 1.82) is 0 Å². The summed E-state index contributed by atoms with van der Waals surface area (Å²) in [5.74, 6) is -1.08. The highest BCUT2D eigenvalue weighted by molar-refractivity contribution is 5.85. The molecule has 7 heteroatoms. The Morgan fingerprint density at radius 1 is 0.562 bits per heavy atom. The van der Waals surface area contributed by atoms with Gasteiger partial charge in [-0.25, -0.2) is 4.79 Å². The predicted octanol–water partition coefficient (Wildman–Crippen LogP) is 9.72. The second-order valence-electron chi connectivity index (χ2n) is 12.9. The second-order valence-corrected chi connectivity index (χ2v) is 12.9. The van der Waals surface area contributed by atoms with Crippen LogP contribution in [0, 0.1) is 0 Å². The number of rotatable bonds is 34. The maximum Gasteiger partial charge on any atom is 0.330 e. The van der Waals surface area contributed by atoms with Crippen LogP contribution >= 0.6 is 0 Å². The molecule has 4 N–H and O–H groups in total. The standard InChI is InChI=1S/C41H73N3O4/c1-3-5-7-9-11-13-15-17-19-21-23-25-27-29-31-33-35-48-41(47)38(37-43-40(46)36-42)44-39(45)34-32-30-28-26-24-22-20-18-16-14-12-10-8-6-4-2/h11-14,17-20,38H,3-10,15-16,21-37,42H2,1-2H3,(H,43,46)(H,44,45)/b13-11-,14-12-,19-17-,20-18-. The average Bonchev–Trinajstić information content (AvgIpc) is 3.09. The minimum absolute atomic E-state index is 0.0214. The number of amides is 2. The number of nitrogens with two attached hydrogens (primary N) is 1. The van der Waals surface area contributed by atoms with E-state index < -0.39 is 12.0 Å². The molecule has 1 atom stereocenters. The van der Waals surface area contributed by atoms with E-state index in [1.54, 1.807) is 0 Å². The molecule has 0 spiro atoms. The predicted molar refractivity (Wildman–Crippen MR) is 204 cm³/mol. The molecular formula is C41H73N3O4. The lowest BCUT2D eigenvalue weighted by atomic mass is 10.1. The Bertz CT molecular complexity index is 881. The quantitative estimate of drug-likeness (QED) is 0.0358. The van der Waals surface area contributed by atoms with Crippen molar-refractivity contribution < 1.29 is 19.1 Å². The van der Waals surface area contributed by atoms with E-state index in [0.29, 0.717) is 13.0 Å². The number of nitrogens with one attached hydrogen (secondary N) is 2. The first kappa shape index (κ1) is 45.3. The molecule has 0 aromatic rings. The Hall–Kier alpha value is -2.67. The summed E-state index contributed by atoms with van der Waals surface area (Å²) in [5, 5.41) is 5.36. The molecule has 48 heavy (non-hydrogen) atoms. The number of hydrogen-bond donors (Lipinski definition) is 3. The van der Waals surface area contributed by atoms with E-state index in [4.69, 9.17) is 10.5 Å². The molecule has 2 amide bonds. The first-order valence-corrected chi connectivity index (χ1v) is 19.6. The van der Waals surface area contributed by atoms with Crippen LogP contribution in [0.3, 0.4) is 0 Å². The summed E-state index contributed by atoms with van der Waals surface area (Å²) in [6.45, 7) is 4.59. The molecule has 0 heterocycles. The summed E-state index contributed by atoms with van der Waals surface area (Å²) >= 11 is 0. The van der Waals surface area contributed by atoms with Crippen molar-refractivity contribution in [2.75, 3.05) is 19.7 Å². The lowest BCUT2D eigenvalue weighted by molar-refractivity contribution is -0.148. The van der Waals surface area contributed by atoms with Crippen LogP contribution in [0.4, 0.5) is 0 Å². The van der Waals surface area contributed by atoms with Crippen LogP contribution in [0.2, 0.25) is 0 Å². The molecule has 0 aliphatic heterocycles. The Morgan fingerprint density at radius 2 is 1.00 bits per heavy atom. The van der Waals surface area contributed by atoms with Crippen molar-refractivity contribution in [1.82, 2.24) is 10.6 Å². The monoisotopic (exact) mass is 672 g/mol. The van der Waals surface area contributed by atoms with Gasteiger partial charge in [-0.2, -0.15) is 0 Å². The van der Waals surface area contributed by atoms with Crippen molar-refractivity contribution >= 4 is 17.8 Å². The van der Waals surface area contributed by atoms with Gasteiger partial charge in [-0.05, 0) is 77.0 Å². The van der Waals surface area contributed by atoms with Crippen molar-refractivity contribution in [2.45, 2.75) is 174 Å². The van der Waals surface area contributed by atoms with Crippen molar-refractivity contribution in [3.05, 3.63) is 48.6 Å². The van der Waals surface area contributed by atoms with Crippen LogP contribution < -0.4 is 16.4 Å². The number of carbonyl (C=O) groups excluding carboxylic acids is 3. The second kappa shape index (κ2) is 37.2. The van der Waals surface area contributed by atoms with Crippen LogP contribution in [-0.4, -0.2) is 43.5 Å². The highest BCUT2D eigenvalue weighted by Crippen LogP contribution is 2.10. The number of esters is 1. The van der Waals surface area contributed by atoms with Gasteiger partial charge in [0, 0.05) is 13.0 Å². The first-order chi connectivity index (χ1) is 23.5. The number of carbonyl (C=O) groups is 3. The van der Waals surface area contributed by atoms with Gasteiger partial charge in [0.1, 0.15) is 6.04 Å². The normalized spacial score (nSPS) is 12.5. The van der Waals surface area contributed by atoms with Crippen LogP contribution in [0.15, 0.2) is 48.6 Å². The Balaban J connectivity index is 4.02. The summed E-state index contributed by atoms with van der Waals surface area (Å²) < 4.78 is 5.46. The largest absolute Gasteiger partial charge is 0.464 e. The van der Waals surface area contributed by atoms with Crippen molar-refractivity contribution in [3.8, 4) is 0 Å². The minimum atomic E-state index is -0.907. The third kappa shape index (κ3) is 33.2. The van der Waals surface area contributed by atoms with Gasteiger partial charge in [0.15, 0.2) is 0 Å². The molecule has 0 radical (unpaired) electrons.